The fourth-order valence-electron chi connectivity index (χ4n) is 1.25. The van der Waals surface area contributed by atoms with E-state index in [1.54, 1.807) is 6.92 Å². The van der Waals surface area contributed by atoms with Crippen LogP contribution in [0.25, 0.3) is 0 Å². The Labute approximate surface area is 68.8 Å². The molecule has 0 aromatic rings. The van der Waals surface area contributed by atoms with Gasteiger partial charge in [-0.25, -0.2) is 0 Å². The lowest BCUT2D eigenvalue weighted by atomic mass is 10.1. The molecule has 0 heterocycles. The Hall–Kier alpha value is -0.970. The minimum absolute atomic E-state index is 0. The molecule has 0 aromatic carbocycles. The predicted molar refractivity (Wildman–Crippen MR) is 46.0 cm³/mol. The van der Waals surface area contributed by atoms with Crippen LogP contribution in [-0.4, -0.2) is 11.9 Å². The van der Waals surface area contributed by atoms with Crippen molar-refractivity contribution in [2.75, 3.05) is 0 Å². The monoisotopic (exact) mass is 153 g/mol. The molecule has 0 bridgehead atoms. The molecule has 11 heavy (non-hydrogen) atoms. The van der Waals surface area contributed by atoms with E-state index in [0.29, 0.717) is 6.04 Å². The Morgan fingerprint density at radius 2 is 2.00 bits per heavy atom. The smallest absolute Gasteiger partial charge is 0.217 e. The van der Waals surface area contributed by atoms with Crippen LogP contribution in [0.3, 0.4) is 0 Å². The van der Waals surface area contributed by atoms with Crippen LogP contribution in [0, 0.1) is 11.8 Å². The first kappa shape index (κ1) is 8.13. The zero-order chi connectivity index (χ0) is 8.10. The molecular formula is C9H15NO. The van der Waals surface area contributed by atoms with Gasteiger partial charge in [0.15, 0.2) is 0 Å². The van der Waals surface area contributed by atoms with Crippen LogP contribution in [0.15, 0.2) is 0 Å². The van der Waals surface area contributed by atoms with Crippen molar-refractivity contribution in [3.05, 3.63) is 0 Å². The molecule has 1 N–H and O–H groups in total. The van der Waals surface area contributed by atoms with E-state index < -0.39 is 0 Å². The van der Waals surface area contributed by atoms with E-state index in [1.807, 2.05) is 0 Å². The van der Waals surface area contributed by atoms with Crippen LogP contribution in [0.2, 0.25) is 0 Å². The molecule has 1 aliphatic carbocycles. The second-order valence-corrected chi connectivity index (χ2v) is 2.83. The highest BCUT2D eigenvalue weighted by Crippen LogP contribution is 2.07. The average Bonchev–Trinajstić information content (AvgIpc) is 2.14. The number of hydrogen-bond donors (Lipinski definition) is 1. The van der Waals surface area contributed by atoms with Gasteiger partial charge in [-0.3, -0.25) is 4.79 Å². The van der Waals surface area contributed by atoms with Gasteiger partial charge in [0.2, 0.25) is 5.91 Å². The van der Waals surface area contributed by atoms with E-state index >= 15 is 0 Å². The van der Waals surface area contributed by atoms with Crippen LogP contribution in [0.5, 0.6) is 0 Å². The maximum Gasteiger partial charge on any atom is 0.217 e. The first-order chi connectivity index (χ1) is 5.29. The minimum Gasteiger partial charge on any atom is -0.354 e. The molecule has 2 heteroatoms. The molecule has 1 amide bonds. The lowest BCUT2D eigenvalue weighted by molar-refractivity contribution is -0.119. The summed E-state index contributed by atoms with van der Waals surface area (Å²) >= 11 is 0. The zero-order valence-corrected chi connectivity index (χ0v) is 6.81. The lowest BCUT2D eigenvalue weighted by Gasteiger charge is -2.13. The van der Waals surface area contributed by atoms with Gasteiger partial charge in [0.25, 0.3) is 0 Å². The van der Waals surface area contributed by atoms with Crippen molar-refractivity contribution in [3.63, 3.8) is 0 Å². The predicted octanol–water partition coefficient (Wildman–Crippen LogP) is 1.31. The fourth-order valence-corrected chi connectivity index (χ4v) is 1.25. The number of carbonyl (C=O) groups excluding carboxylic acids is 1. The standard InChI is InChI=1S/C9H13NO.H2/c1-8(11)10-9-6-4-2-3-5-7-9;/h9H,4-7H2,1H3,(H,10,11);1H. The molecule has 0 fully saturated rings. The quantitative estimate of drug-likeness (QED) is 0.565. The second-order valence-electron chi connectivity index (χ2n) is 2.83. The molecule has 1 rings (SSSR count). The summed E-state index contributed by atoms with van der Waals surface area (Å²) in [5.41, 5.74) is 0. The first-order valence-corrected chi connectivity index (χ1v) is 4.02. The molecule has 0 spiro atoms. The third-order valence-corrected chi connectivity index (χ3v) is 1.77. The second kappa shape index (κ2) is 4.02. The Balaban J connectivity index is 0.00000121. The molecule has 62 valence electrons. The Morgan fingerprint density at radius 1 is 1.45 bits per heavy atom. The Morgan fingerprint density at radius 3 is 2.45 bits per heavy atom. The van der Waals surface area contributed by atoms with Crippen LogP contribution in [-0.2, 0) is 4.79 Å². The molecule has 0 unspecified atom stereocenters. The van der Waals surface area contributed by atoms with Crippen molar-refractivity contribution in [3.8, 4) is 11.8 Å². The summed E-state index contributed by atoms with van der Waals surface area (Å²) < 4.78 is 0. The van der Waals surface area contributed by atoms with Crippen molar-refractivity contribution < 1.29 is 6.22 Å². The molecule has 2 nitrogen and oxygen atoms in total. The molecule has 0 radical (unpaired) electrons. The number of amides is 1. The largest absolute Gasteiger partial charge is 0.354 e. The van der Waals surface area contributed by atoms with Gasteiger partial charge in [0.1, 0.15) is 0 Å². The first-order valence-electron chi connectivity index (χ1n) is 4.02. The highest BCUT2D eigenvalue weighted by molar-refractivity contribution is 5.73. The summed E-state index contributed by atoms with van der Waals surface area (Å²) in [6.07, 6.45) is 3.86. The lowest BCUT2D eigenvalue weighted by Crippen LogP contribution is -2.32. The topological polar surface area (TPSA) is 29.1 Å². The maximum absolute atomic E-state index is 10.7. The highest BCUT2D eigenvalue weighted by atomic mass is 16.1. The van der Waals surface area contributed by atoms with Crippen molar-refractivity contribution in [1.29, 1.82) is 0 Å². The summed E-state index contributed by atoms with van der Waals surface area (Å²) in [6.45, 7) is 1.56. The third kappa shape index (κ3) is 3.08. The number of hydrogen-bond acceptors (Lipinski definition) is 1. The van der Waals surface area contributed by atoms with Crippen LogP contribution in [0.4, 0.5) is 0 Å². The summed E-state index contributed by atoms with van der Waals surface area (Å²) in [6, 6.07) is 0.343. The normalized spacial score (nSPS) is 17.9. The van der Waals surface area contributed by atoms with Crippen molar-refractivity contribution in [2.24, 2.45) is 0 Å². The van der Waals surface area contributed by atoms with E-state index in [0.717, 1.165) is 25.7 Å². The SMILES string of the molecule is CC(=O)NC1CCC#CCC1.[HH]. The maximum atomic E-state index is 10.7. The van der Waals surface area contributed by atoms with Crippen molar-refractivity contribution in [1.82, 2.24) is 5.32 Å². The Bertz CT molecular complexity index is 192. The van der Waals surface area contributed by atoms with Gasteiger partial charge in [-0.2, -0.15) is 0 Å². The molecular weight excluding hydrogens is 138 g/mol. The summed E-state index contributed by atoms with van der Waals surface area (Å²) in [5.74, 6) is 6.16. The average molecular weight is 153 g/mol. The molecule has 0 saturated heterocycles. The molecule has 0 aromatic heterocycles. The number of carbonyl (C=O) groups is 1. The molecule has 0 atom stereocenters. The van der Waals surface area contributed by atoms with Crippen LogP contribution < -0.4 is 5.32 Å². The van der Waals surface area contributed by atoms with Crippen molar-refractivity contribution in [2.45, 2.75) is 38.6 Å². The van der Waals surface area contributed by atoms with Gasteiger partial charge >= 0.3 is 0 Å². The number of nitrogens with one attached hydrogen (secondary N) is 1. The highest BCUT2D eigenvalue weighted by Gasteiger charge is 2.09. The summed E-state index contributed by atoms with van der Waals surface area (Å²) in [5, 5.41) is 2.90. The molecule has 0 aliphatic heterocycles. The van der Waals surface area contributed by atoms with E-state index in [2.05, 4.69) is 17.2 Å². The van der Waals surface area contributed by atoms with Gasteiger partial charge in [0, 0.05) is 27.2 Å². The Kier molecular flexibility index (Phi) is 2.97. The molecule has 0 saturated carbocycles. The van der Waals surface area contributed by atoms with Crippen molar-refractivity contribution >= 4 is 5.91 Å². The van der Waals surface area contributed by atoms with Gasteiger partial charge < -0.3 is 5.32 Å². The van der Waals surface area contributed by atoms with E-state index in [9.17, 15) is 4.79 Å². The van der Waals surface area contributed by atoms with E-state index in [1.165, 1.54) is 0 Å². The van der Waals surface area contributed by atoms with Gasteiger partial charge in [-0.1, -0.05) is 0 Å². The fraction of sp³-hybridized carbons (Fsp3) is 0.667. The summed E-state index contributed by atoms with van der Waals surface area (Å²) in [7, 11) is 0. The van der Waals surface area contributed by atoms with Gasteiger partial charge in [-0.15, -0.1) is 11.8 Å². The van der Waals surface area contributed by atoms with Gasteiger partial charge in [-0.05, 0) is 12.8 Å². The summed E-state index contributed by atoms with van der Waals surface area (Å²) in [4.78, 5) is 10.7. The third-order valence-electron chi connectivity index (χ3n) is 1.77. The number of rotatable bonds is 1. The van der Waals surface area contributed by atoms with E-state index in [4.69, 9.17) is 0 Å². The van der Waals surface area contributed by atoms with Crippen LogP contribution in [0.1, 0.15) is 34.0 Å². The van der Waals surface area contributed by atoms with E-state index in [-0.39, 0.29) is 7.33 Å². The van der Waals surface area contributed by atoms with Gasteiger partial charge in [0.05, 0.1) is 0 Å². The molecule has 1 aliphatic rings. The minimum atomic E-state index is 0. The van der Waals surface area contributed by atoms with Crippen LogP contribution >= 0.6 is 0 Å². The zero-order valence-electron chi connectivity index (χ0n) is 6.81.